The van der Waals surface area contributed by atoms with Gasteiger partial charge in [0.1, 0.15) is 5.60 Å². The lowest BCUT2D eigenvalue weighted by Crippen LogP contribution is -2.27. The van der Waals surface area contributed by atoms with Gasteiger partial charge in [0.25, 0.3) is 0 Å². The molecular weight excluding hydrogens is 264 g/mol. The summed E-state index contributed by atoms with van der Waals surface area (Å²) in [6.07, 6.45) is 3.63. The summed E-state index contributed by atoms with van der Waals surface area (Å²) in [6, 6.07) is 5.74. The van der Waals surface area contributed by atoms with E-state index < -0.39 is 11.7 Å². The average molecular weight is 282 g/mol. The van der Waals surface area contributed by atoms with E-state index in [4.69, 9.17) is 4.74 Å². The standard InChI is InChI=1S/C17H18N2O2/c1-17(2,3)21-16(20)19-15-9-8-13(7-6-12-4-5-12)10-14(15)11-18-19/h8-12H,4-5H2,1-3H3. The monoisotopic (exact) mass is 282 g/mol. The van der Waals surface area contributed by atoms with Crippen molar-refractivity contribution >= 4 is 17.0 Å². The minimum atomic E-state index is -0.537. The van der Waals surface area contributed by atoms with Gasteiger partial charge in [-0.05, 0) is 51.8 Å². The van der Waals surface area contributed by atoms with Crippen LogP contribution in [0.15, 0.2) is 24.4 Å². The van der Waals surface area contributed by atoms with Gasteiger partial charge < -0.3 is 4.74 Å². The Hall–Kier alpha value is -2.28. The minimum absolute atomic E-state index is 0.464. The van der Waals surface area contributed by atoms with E-state index in [9.17, 15) is 4.79 Å². The van der Waals surface area contributed by atoms with Crippen molar-refractivity contribution in [1.29, 1.82) is 0 Å². The van der Waals surface area contributed by atoms with E-state index in [0.29, 0.717) is 5.92 Å². The van der Waals surface area contributed by atoms with Crippen LogP contribution in [0.1, 0.15) is 39.2 Å². The summed E-state index contributed by atoms with van der Waals surface area (Å²) < 4.78 is 6.63. The smallest absolute Gasteiger partial charge is 0.435 e. The van der Waals surface area contributed by atoms with Gasteiger partial charge in [0.15, 0.2) is 0 Å². The van der Waals surface area contributed by atoms with E-state index in [1.54, 1.807) is 6.20 Å². The SMILES string of the molecule is CC(C)(C)OC(=O)n1ncc2cc(C#CC3CC3)ccc21. The lowest BCUT2D eigenvalue weighted by atomic mass is 10.1. The zero-order valence-corrected chi connectivity index (χ0v) is 12.5. The molecule has 0 aliphatic heterocycles. The lowest BCUT2D eigenvalue weighted by Gasteiger charge is -2.19. The fourth-order valence-corrected chi connectivity index (χ4v) is 1.97. The van der Waals surface area contributed by atoms with Gasteiger partial charge in [-0.2, -0.15) is 9.78 Å². The molecular formula is C17H18N2O2. The van der Waals surface area contributed by atoms with E-state index in [1.165, 1.54) is 17.5 Å². The van der Waals surface area contributed by atoms with E-state index >= 15 is 0 Å². The number of carbonyl (C=O) groups excluding carboxylic acids is 1. The first kappa shape index (κ1) is 13.7. The maximum atomic E-state index is 12.1. The van der Waals surface area contributed by atoms with Crippen molar-refractivity contribution in [2.75, 3.05) is 0 Å². The van der Waals surface area contributed by atoms with E-state index in [2.05, 4.69) is 16.9 Å². The Morgan fingerprint density at radius 1 is 1.38 bits per heavy atom. The van der Waals surface area contributed by atoms with E-state index in [-0.39, 0.29) is 0 Å². The molecule has 0 bridgehead atoms. The number of carbonyl (C=O) groups is 1. The fraction of sp³-hybridized carbons (Fsp3) is 0.412. The van der Waals surface area contributed by atoms with Gasteiger partial charge >= 0.3 is 6.09 Å². The molecule has 0 amide bonds. The second kappa shape index (κ2) is 4.92. The number of hydrogen-bond donors (Lipinski definition) is 0. The van der Waals surface area contributed by atoms with Gasteiger partial charge in [0.2, 0.25) is 0 Å². The molecule has 0 unspecified atom stereocenters. The Morgan fingerprint density at radius 2 is 2.14 bits per heavy atom. The van der Waals surface area contributed by atoms with Gasteiger partial charge in [0.05, 0.1) is 11.7 Å². The maximum absolute atomic E-state index is 12.1. The number of fused-ring (bicyclic) bond motifs is 1. The number of benzene rings is 1. The molecule has 0 spiro atoms. The molecule has 1 aromatic heterocycles. The predicted octanol–water partition coefficient (Wildman–Crippen LogP) is 3.58. The summed E-state index contributed by atoms with van der Waals surface area (Å²) in [5.74, 6) is 6.98. The maximum Gasteiger partial charge on any atom is 0.435 e. The Morgan fingerprint density at radius 3 is 2.81 bits per heavy atom. The van der Waals surface area contributed by atoms with Crippen molar-refractivity contribution in [3.63, 3.8) is 0 Å². The van der Waals surface area contributed by atoms with Gasteiger partial charge in [-0.1, -0.05) is 11.8 Å². The Kier molecular flexibility index (Phi) is 3.21. The van der Waals surface area contributed by atoms with Crippen LogP contribution in [-0.4, -0.2) is 21.5 Å². The predicted molar refractivity (Wildman–Crippen MR) is 81.0 cm³/mol. The largest absolute Gasteiger partial charge is 0.442 e. The molecule has 4 heteroatoms. The normalized spacial score (nSPS) is 14.6. The highest BCUT2D eigenvalue weighted by Crippen LogP contribution is 2.27. The second-order valence-corrected chi connectivity index (χ2v) is 6.35. The fourth-order valence-electron chi connectivity index (χ4n) is 1.97. The first-order chi connectivity index (χ1) is 9.92. The van der Waals surface area contributed by atoms with Crippen LogP contribution in [-0.2, 0) is 4.74 Å². The van der Waals surface area contributed by atoms with Gasteiger partial charge in [0, 0.05) is 16.9 Å². The molecule has 3 rings (SSSR count). The highest BCUT2D eigenvalue weighted by atomic mass is 16.6. The van der Waals surface area contributed by atoms with Gasteiger partial charge in [-0.25, -0.2) is 4.79 Å². The molecule has 21 heavy (non-hydrogen) atoms. The first-order valence-electron chi connectivity index (χ1n) is 7.15. The number of aromatic nitrogens is 2. The van der Waals surface area contributed by atoms with E-state index in [1.807, 2.05) is 39.0 Å². The van der Waals surface area contributed by atoms with Crippen molar-refractivity contribution in [2.24, 2.45) is 5.92 Å². The summed E-state index contributed by atoms with van der Waals surface area (Å²) in [7, 11) is 0. The summed E-state index contributed by atoms with van der Waals surface area (Å²) in [5.41, 5.74) is 1.16. The third-order valence-electron chi connectivity index (χ3n) is 3.13. The van der Waals surface area contributed by atoms with Crippen molar-refractivity contribution in [3.8, 4) is 11.8 Å². The number of rotatable bonds is 0. The molecule has 108 valence electrons. The molecule has 0 radical (unpaired) electrons. The number of ether oxygens (including phenoxy) is 1. The molecule has 4 nitrogen and oxygen atoms in total. The molecule has 0 atom stereocenters. The van der Waals surface area contributed by atoms with Crippen molar-refractivity contribution in [3.05, 3.63) is 30.0 Å². The summed E-state index contributed by atoms with van der Waals surface area (Å²) >= 11 is 0. The molecule has 1 fully saturated rings. The molecule has 0 saturated heterocycles. The highest BCUT2D eigenvalue weighted by molar-refractivity contribution is 5.88. The van der Waals surface area contributed by atoms with Crippen LogP contribution in [0, 0.1) is 17.8 Å². The van der Waals surface area contributed by atoms with E-state index in [0.717, 1.165) is 16.5 Å². The Labute approximate surface area is 124 Å². The number of hydrogen-bond acceptors (Lipinski definition) is 3. The highest BCUT2D eigenvalue weighted by Gasteiger charge is 2.20. The van der Waals surface area contributed by atoms with Crippen LogP contribution in [0.5, 0.6) is 0 Å². The third-order valence-corrected chi connectivity index (χ3v) is 3.13. The number of nitrogens with zero attached hydrogens (tertiary/aromatic N) is 2. The quantitative estimate of drug-likeness (QED) is 0.694. The molecule has 1 aliphatic carbocycles. The Balaban J connectivity index is 1.89. The van der Waals surface area contributed by atoms with Crippen LogP contribution in [0.2, 0.25) is 0 Å². The first-order valence-corrected chi connectivity index (χ1v) is 7.15. The van der Waals surface area contributed by atoms with Crippen LogP contribution in [0.4, 0.5) is 4.79 Å². The van der Waals surface area contributed by atoms with Crippen LogP contribution in [0.3, 0.4) is 0 Å². The Bertz CT molecular complexity index is 752. The summed E-state index contributed by atoms with van der Waals surface area (Å²) in [5, 5.41) is 5.01. The van der Waals surface area contributed by atoms with Crippen molar-refractivity contribution < 1.29 is 9.53 Å². The van der Waals surface area contributed by atoms with Crippen LogP contribution >= 0.6 is 0 Å². The summed E-state index contributed by atoms with van der Waals surface area (Å²) in [4.78, 5) is 12.1. The third kappa shape index (κ3) is 3.25. The lowest BCUT2D eigenvalue weighted by molar-refractivity contribution is 0.0523. The van der Waals surface area contributed by atoms with Gasteiger partial charge in [-0.15, -0.1) is 0 Å². The molecule has 1 saturated carbocycles. The second-order valence-electron chi connectivity index (χ2n) is 6.35. The average Bonchev–Trinajstić information content (AvgIpc) is 3.12. The molecule has 2 aromatic rings. The van der Waals surface area contributed by atoms with Crippen molar-refractivity contribution in [1.82, 2.24) is 9.78 Å². The zero-order chi connectivity index (χ0) is 15.0. The topological polar surface area (TPSA) is 44.1 Å². The van der Waals surface area contributed by atoms with Crippen LogP contribution in [0.25, 0.3) is 10.9 Å². The summed E-state index contributed by atoms with van der Waals surface area (Å²) in [6.45, 7) is 5.51. The zero-order valence-electron chi connectivity index (χ0n) is 12.5. The van der Waals surface area contributed by atoms with Crippen LogP contribution < -0.4 is 0 Å². The van der Waals surface area contributed by atoms with Gasteiger partial charge in [-0.3, -0.25) is 0 Å². The molecule has 1 aromatic carbocycles. The minimum Gasteiger partial charge on any atom is -0.442 e. The molecule has 1 aliphatic rings. The molecule has 0 N–H and O–H groups in total. The van der Waals surface area contributed by atoms with Crippen molar-refractivity contribution in [2.45, 2.75) is 39.2 Å². The molecule has 1 heterocycles.